The van der Waals surface area contributed by atoms with Gasteiger partial charge >= 0.3 is 0 Å². The fourth-order valence-electron chi connectivity index (χ4n) is 1.99. The highest BCUT2D eigenvalue weighted by Crippen LogP contribution is 2.22. The predicted octanol–water partition coefficient (Wildman–Crippen LogP) is 4.36. The normalized spacial score (nSPS) is 10.1. The average molecular weight is 285 g/mol. The highest BCUT2D eigenvalue weighted by Gasteiger charge is 2.07. The van der Waals surface area contributed by atoms with Gasteiger partial charge in [0.1, 0.15) is 5.75 Å². The second kappa shape index (κ2) is 7.06. The van der Waals surface area contributed by atoms with Crippen molar-refractivity contribution in [3.05, 3.63) is 54.6 Å². The van der Waals surface area contributed by atoms with Gasteiger partial charge in [0.15, 0.2) is 0 Å². The lowest BCUT2D eigenvalue weighted by Gasteiger charge is -2.21. The zero-order valence-corrected chi connectivity index (χ0v) is 12.7. The zero-order chi connectivity index (χ0) is 14.4. The van der Waals surface area contributed by atoms with Crippen LogP contribution in [0.2, 0.25) is 0 Å². The van der Waals surface area contributed by atoms with Crippen molar-refractivity contribution in [2.75, 3.05) is 13.1 Å². The van der Waals surface area contributed by atoms with Crippen LogP contribution >= 0.6 is 12.2 Å². The third-order valence-electron chi connectivity index (χ3n) is 3.19. The van der Waals surface area contributed by atoms with Gasteiger partial charge in [0.2, 0.25) is 0 Å². The summed E-state index contributed by atoms with van der Waals surface area (Å²) in [6.07, 6.45) is 0. The molecule has 0 spiro atoms. The number of ether oxygens (including phenoxy) is 1. The number of rotatable bonds is 4. The summed E-state index contributed by atoms with van der Waals surface area (Å²) >= 11 is 5.29. The molecule has 2 aromatic carbocycles. The van der Waals surface area contributed by atoms with Crippen LogP contribution in [0.1, 0.15) is 13.8 Å². The number of hydrogen-bond donors (Lipinski definition) is 0. The minimum absolute atomic E-state index is 0.530. The van der Waals surface area contributed by atoms with E-state index in [4.69, 9.17) is 17.0 Å². The standard InChI is InChI=1S/C17H19NOS/c1-3-18(4-2)17(20)19-16-12-10-15(11-13-16)14-8-6-5-7-9-14/h5-13H,3-4H2,1-2H3. The third kappa shape index (κ3) is 3.58. The van der Waals surface area contributed by atoms with Gasteiger partial charge in [0.25, 0.3) is 5.17 Å². The Morgan fingerprint density at radius 2 is 1.45 bits per heavy atom. The third-order valence-corrected chi connectivity index (χ3v) is 3.53. The highest BCUT2D eigenvalue weighted by atomic mass is 32.1. The van der Waals surface area contributed by atoms with Gasteiger partial charge in [0, 0.05) is 13.1 Å². The molecule has 0 atom stereocenters. The monoisotopic (exact) mass is 285 g/mol. The van der Waals surface area contributed by atoms with E-state index in [1.54, 1.807) is 0 Å². The van der Waals surface area contributed by atoms with E-state index in [1.165, 1.54) is 11.1 Å². The van der Waals surface area contributed by atoms with E-state index in [9.17, 15) is 0 Å². The fourth-order valence-corrected chi connectivity index (χ4v) is 2.35. The molecular formula is C17H19NOS. The van der Waals surface area contributed by atoms with Gasteiger partial charge in [-0.15, -0.1) is 0 Å². The molecule has 3 heteroatoms. The number of benzene rings is 2. The summed E-state index contributed by atoms with van der Waals surface area (Å²) in [6.45, 7) is 5.85. The van der Waals surface area contributed by atoms with E-state index < -0.39 is 0 Å². The van der Waals surface area contributed by atoms with Gasteiger partial charge < -0.3 is 9.64 Å². The molecule has 0 aliphatic heterocycles. The maximum atomic E-state index is 5.71. The van der Waals surface area contributed by atoms with Crippen molar-refractivity contribution < 1.29 is 4.74 Å². The molecule has 2 aromatic rings. The van der Waals surface area contributed by atoms with Gasteiger partial charge in [-0.25, -0.2) is 0 Å². The fraction of sp³-hybridized carbons (Fsp3) is 0.235. The van der Waals surface area contributed by atoms with Gasteiger partial charge in [-0.1, -0.05) is 42.5 Å². The minimum atomic E-state index is 0.530. The first-order chi connectivity index (χ1) is 9.74. The van der Waals surface area contributed by atoms with Gasteiger partial charge in [0.05, 0.1) is 0 Å². The summed E-state index contributed by atoms with van der Waals surface area (Å²) in [4.78, 5) is 2.01. The van der Waals surface area contributed by atoms with Gasteiger partial charge in [-0.3, -0.25) is 0 Å². The highest BCUT2D eigenvalue weighted by molar-refractivity contribution is 7.80. The van der Waals surface area contributed by atoms with E-state index in [-0.39, 0.29) is 0 Å². The lowest BCUT2D eigenvalue weighted by molar-refractivity contribution is 0.379. The molecular weight excluding hydrogens is 266 g/mol. The molecule has 0 heterocycles. The summed E-state index contributed by atoms with van der Waals surface area (Å²) < 4.78 is 5.71. The van der Waals surface area contributed by atoms with Crippen LogP contribution in [0.25, 0.3) is 11.1 Å². The Kier molecular flexibility index (Phi) is 5.13. The molecule has 0 aliphatic rings. The Bertz CT molecular complexity index is 547. The first kappa shape index (κ1) is 14.5. The minimum Gasteiger partial charge on any atom is -0.432 e. The molecule has 0 aliphatic carbocycles. The van der Waals surface area contributed by atoms with Crippen molar-refractivity contribution in [2.45, 2.75) is 13.8 Å². The molecule has 0 saturated heterocycles. The van der Waals surface area contributed by atoms with Crippen LogP contribution in [0.3, 0.4) is 0 Å². The van der Waals surface area contributed by atoms with Crippen LogP contribution in [0.15, 0.2) is 54.6 Å². The predicted molar refractivity (Wildman–Crippen MR) is 88.0 cm³/mol. The molecule has 0 amide bonds. The summed E-state index contributed by atoms with van der Waals surface area (Å²) in [6, 6.07) is 18.3. The number of nitrogens with zero attached hydrogens (tertiary/aromatic N) is 1. The molecule has 2 nitrogen and oxygen atoms in total. The van der Waals surface area contributed by atoms with E-state index in [1.807, 2.05) is 35.2 Å². The van der Waals surface area contributed by atoms with Crippen LogP contribution in [0.5, 0.6) is 5.75 Å². The van der Waals surface area contributed by atoms with Gasteiger partial charge in [-0.05, 0) is 49.3 Å². The van der Waals surface area contributed by atoms with Crippen molar-refractivity contribution >= 4 is 17.4 Å². The Morgan fingerprint density at radius 3 is 2.00 bits per heavy atom. The lowest BCUT2D eigenvalue weighted by atomic mass is 10.1. The van der Waals surface area contributed by atoms with E-state index >= 15 is 0 Å². The number of hydrogen-bond acceptors (Lipinski definition) is 2. The average Bonchev–Trinajstić information content (AvgIpc) is 2.50. The SMILES string of the molecule is CCN(CC)C(=S)Oc1ccc(-c2ccccc2)cc1. The van der Waals surface area contributed by atoms with Crippen LogP contribution in [0.4, 0.5) is 0 Å². The molecule has 20 heavy (non-hydrogen) atoms. The Morgan fingerprint density at radius 1 is 0.900 bits per heavy atom. The molecule has 104 valence electrons. The smallest absolute Gasteiger partial charge is 0.264 e. The second-order valence-electron chi connectivity index (χ2n) is 4.43. The largest absolute Gasteiger partial charge is 0.432 e. The topological polar surface area (TPSA) is 12.5 Å². The molecule has 0 aromatic heterocycles. The Balaban J connectivity index is 2.07. The second-order valence-corrected chi connectivity index (χ2v) is 4.78. The number of thiocarbonyl (C=S) groups is 1. The van der Waals surface area contributed by atoms with Crippen molar-refractivity contribution in [3.8, 4) is 16.9 Å². The van der Waals surface area contributed by atoms with Crippen LogP contribution < -0.4 is 4.74 Å². The maximum absolute atomic E-state index is 5.71. The van der Waals surface area contributed by atoms with E-state index in [2.05, 4.69) is 38.1 Å². The molecule has 0 unspecified atom stereocenters. The zero-order valence-electron chi connectivity index (χ0n) is 11.9. The lowest BCUT2D eigenvalue weighted by Crippen LogP contribution is -2.32. The van der Waals surface area contributed by atoms with Crippen molar-refractivity contribution in [1.82, 2.24) is 4.90 Å². The van der Waals surface area contributed by atoms with Gasteiger partial charge in [-0.2, -0.15) is 0 Å². The van der Waals surface area contributed by atoms with Crippen LogP contribution in [-0.4, -0.2) is 23.2 Å². The molecule has 0 saturated carbocycles. The van der Waals surface area contributed by atoms with Crippen molar-refractivity contribution in [2.24, 2.45) is 0 Å². The molecule has 2 rings (SSSR count). The Hall–Kier alpha value is -1.87. The molecule has 0 N–H and O–H groups in total. The quantitative estimate of drug-likeness (QED) is 0.774. The van der Waals surface area contributed by atoms with Crippen LogP contribution in [0, 0.1) is 0 Å². The summed E-state index contributed by atoms with van der Waals surface area (Å²) in [7, 11) is 0. The van der Waals surface area contributed by atoms with Crippen LogP contribution in [-0.2, 0) is 0 Å². The van der Waals surface area contributed by atoms with E-state index in [0.29, 0.717) is 5.17 Å². The summed E-state index contributed by atoms with van der Waals surface area (Å²) in [5.41, 5.74) is 2.37. The van der Waals surface area contributed by atoms with E-state index in [0.717, 1.165) is 18.8 Å². The summed E-state index contributed by atoms with van der Waals surface area (Å²) in [5.74, 6) is 0.779. The first-order valence-electron chi connectivity index (χ1n) is 6.86. The van der Waals surface area contributed by atoms with Crippen molar-refractivity contribution in [1.29, 1.82) is 0 Å². The summed E-state index contributed by atoms with van der Waals surface area (Å²) in [5, 5.41) is 0.530. The van der Waals surface area contributed by atoms with Crippen molar-refractivity contribution in [3.63, 3.8) is 0 Å². The maximum Gasteiger partial charge on any atom is 0.264 e. The first-order valence-corrected chi connectivity index (χ1v) is 7.27. The molecule has 0 fully saturated rings. The Labute approximate surface area is 126 Å². The molecule has 0 bridgehead atoms. The molecule has 0 radical (unpaired) electrons.